The van der Waals surface area contributed by atoms with Crippen molar-refractivity contribution in [2.24, 2.45) is 5.92 Å². The van der Waals surface area contributed by atoms with E-state index in [0.717, 1.165) is 28.5 Å². The maximum atomic E-state index is 5.99. The second kappa shape index (κ2) is 4.65. The first kappa shape index (κ1) is 10.5. The largest absolute Gasteiger partial charge is 0.312 e. The van der Waals surface area contributed by atoms with E-state index in [2.05, 4.69) is 27.3 Å². The Bertz CT molecular complexity index is 323. The van der Waals surface area contributed by atoms with Crippen molar-refractivity contribution in [3.05, 3.63) is 33.3 Å². The summed E-state index contributed by atoms with van der Waals surface area (Å²) in [6.07, 6.45) is 2.79. The Morgan fingerprint density at radius 2 is 2.21 bits per heavy atom. The fraction of sp³-hybridized carbons (Fsp3) is 0.455. The van der Waals surface area contributed by atoms with Crippen molar-refractivity contribution in [3.63, 3.8) is 0 Å². The molecule has 0 unspecified atom stereocenters. The predicted octanol–water partition coefficient (Wildman–Crippen LogP) is 3.60. The van der Waals surface area contributed by atoms with Gasteiger partial charge in [-0.3, -0.25) is 0 Å². The molecule has 2 rings (SSSR count). The highest BCUT2D eigenvalue weighted by atomic mass is 79.9. The maximum absolute atomic E-state index is 5.99. The second-order valence-electron chi connectivity index (χ2n) is 3.79. The van der Waals surface area contributed by atoms with Crippen LogP contribution in [0.15, 0.2) is 22.7 Å². The monoisotopic (exact) mass is 273 g/mol. The van der Waals surface area contributed by atoms with E-state index in [1.807, 2.05) is 12.1 Å². The van der Waals surface area contributed by atoms with Crippen molar-refractivity contribution in [1.82, 2.24) is 5.32 Å². The third-order valence-corrected chi connectivity index (χ3v) is 3.96. The third-order valence-electron chi connectivity index (χ3n) is 2.48. The molecule has 1 aromatic rings. The van der Waals surface area contributed by atoms with E-state index in [9.17, 15) is 0 Å². The number of rotatable bonds is 4. The van der Waals surface area contributed by atoms with E-state index >= 15 is 0 Å². The Kier molecular flexibility index (Phi) is 3.47. The van der Waals surface area contributed by atoms with Gasteiger partial charge in [0.05, 0.1) is 5.02 Å². The Labute approximate surface area is 98.0 Å². The lowest BCUT2D eigenvalue weighted by Crippen LogP contribution is -2.16. The molecule has 0 aliphatic heterocycles. The summed E-state index contributed by atoms with van der Waals surface area (Å²) in [4.78, 5) is 0. The van der Waals surface area contributed by atoms with Crippen LogP contribution in [-0.2, 0) is 6.54 Å². The molecule has 0 heterocycles. The molecule has 0 aromatic heterocycles. The minimum absolute atomic E-state index is 0.788. The fourth-order valence-corrected chi connectivity index (χ4v) is 2.02. The first-order valence-corrected chi connectivity index (χ1v) is 6.08. The number of halogens is 2. The summed E-state index contributed by atoms with van der Waals surface area (Å²) in [5.41, 5.74) is 1.23. The van der Waals surface area contributed by atoms with E-state index in [0.29, 0.717) is 0 Å². The highest BCUT2D eigenvalue weighted by molar-refractivity contribution is 9.10. The van der Waals surface area contributed by atoms with Gasteiger partial charge in [0, 0.05) is 11.0 Å². The molecule has 0 radical (unpaired) electrons. The van der Waals surface area contributed by atoms with Gasteiger partial charge in [-0.2, -0.15) is 0 Å². The number of benzene rings is 1. The molecule has 1 aliphatic carbocycles. The van der Waals surface area contributed by atoms with Crippen LogP contribution in [0.5, 0.6) is 0 Å². The molecule has 1 nitrogen and oxygen atoms in total. The van der Waals surface area contributed by atoms with Crippen LogP contribution >= 0.6 is 27.5 Å². The topological polar surface area (TPSA) is 12.0 Å². The van der Waals surface area contributed by atoms with Gasteiger partial charge in [-0.15, -0.1) is 0 Å². The summed E-state index contributed by atoms with van der Waals surface area (Å²) in [6.45, 7) is 2.04. The smallest absolute Gasteiger partial charge is 0.0551 e. The van der Waals surface area contributed by atoms with Crippen molar-refractivity contribution in [2.75, 3.05) is 6.54 Å². The molecule has 14 heavy (non-hydrogen) atoms. The molecular formula is C11H13BrClN. The van der Waals surface area contributed by atoms with E-state index < -0.39 is 0 Å². The van der Waals surface area contributed by atoms with Crippen LogP contribution in [0.1, 0.15) is 18.4 Å². The molecule has 0 atom stereocenters. The third kappa shape index (κ3) is 2.72. The normalized spacial score (nSPS) is 15.9. The Balaban J connectivity index is 1.90. The van der Waals surface area contributed by atoms with Gasteiger partial charge < -0.3 is 5.32 Å². The highest BCUT2D eigenvalue weighted by Crippen LogP contribution is 2.28. The van der Waals surface area contributed by atoms with Crippen molar-refractivity contribution < 1.29 is 0 Å². The maximum Gasteiger partial charge on any atom is 0.0551 e. The first-order valence-electron chi connectivity index (χ1n) is 4.91. The van der Waals surface area contributed by atoms with E-state index in [-0.39, 0.29) is 0 Å². The molecule has 1 fully saturated rings. The zero-order valence-electron chi connectivity index (χ0n) is 7.89. The molecule has 1 aliphatic rings. The van der Waals surface area contributed by atoms with Gasteiger partial charge >= 0.3 is 0 Å². The molecule has 1 N–H and O–H groups in total. The summed E-state index contributed by atoms with van der Waals surface area (Å²) >= 11 is 9.48. The number of hydrogen-bond acceptors (Lipinski definition) is 1. The molecular weight excluding hydrogens is 261 g/mol. The standard InChI is InChI=1S/C11H13BrClN/c12-11-9(2-1-3-10(11)13)7-14-6-8-4-5-8/h1-3,8,14H,4-7H2. The van der Waals surface area contributed by atoms with E-state index in [1.54, 1.807) is 0 Å². The van der Waals surface area contributed by atoms with Gasteiger partial charge in [-0.05, 0) is 52.9 Å². The van der Waals surface area contributed by atoms with Crippen LogP contribution in [0.25, 0.3) is 0 Å². The van der Waals surface area contributed by atoms with Gasteiger partial charge in [0.1, 0.15) is 0 Å². The van der Waals surface area contributed by atoms with Gasteiger partial charge in [-0.25, -0.2) is 0 Å². The van der Waals surface area contributed by atoms with Gasteiger partial charge in [0.2, 0.25) is 0 Å². The molecule has 0 spiro atoms. The Hall–Kier alpha value is -0.0500. The highest BCUT2D eigenvalue weighted by Gasteiger charge is 2.20. The molecule has 1 saturated carbocycles. The molecule has 3 heteroatoms. The molecule has 0 bridgehead atoms. The van der Waals surface area contributed by atoms with Crippen LogP contribution < -0.4 is 5.32 Å². The van der Waals surface area contributed by atoms with Gasteiger partial charge in [0.25, 0.3) is 0 Å². The Morgan fingerprint density at radius 1 is 1.43 bits per heavy atom. The van der Waals surface area contributed by atoms with Crippen LogP contribution in [0.4, 0.5) is 0 Å². The zero-order chi connectivity index (χ0) is 9.97. The van der Waals surface area contributed by atoms with Crippen molar-refractivity contribution in [1.29, 1.82) is 0 Å². The van der Waals surface area contributed by atoms with Crippen molar-refractivity contribution in [3.8, 4) is 0 Å². The molecule has 76 valence electrons. The quantitative estimate of drug-likeness (QED) is 0.884. The summed E-state index contributed by atoms with van der Waals surface area (Å²) in [5, 5.41) is 4.23. The molecule has 1 aromatic carbocycles. The SMILES string of the molecule is Clc1cccc(CNCC2CC2)c1Br. The predicted molar refractivity (Wildman–Crippen MR) is 63.6 cm³/mol. The van der Waals surface area contributed by atoms with Gasteiger partial charge in [-0.1, -0.05) is 23.7 Å². The van der Waals surface area contributed by atoms with Crippen molar-refractivity contribution in [2.45, 2.75) is 19.4 Å². The fourth-order valence-electron chi connectivity index (χ4n) is 1.42. The lowest BCUT2D eigenvalue weighted by Gasteiger charge is -2.07. The minimum Gasteiger partial charge on any atom is -0.312 e. The average Bonchev–Trinajstić information content (AvgIpc) is 2.96. The van der Waals surface area contributed by atoms with Crippen LogP contribution in [0.2, 0.25) is 5.02 Å². The van der Waals surface area contributed by atoms with Crippen LogP contribution in [0.3, 0.4) is 0 Å². The van der Waals surface area contributed by atoms with Crippen molar-refractivity contribution >= 4 is 27.5 Å². The number of hydrogen-bond donors (Lipinski definition) is 1. The number of nitrogens with one attached hydrogen (secondary N) is 1. The second-order valence-corrected chi connectivity index (χ2v) is 4.99. The zero-order valence-corrected chi connectivity index (χ0v) is 10.2. The summed E-state index contributed by atoms with van der Waals surface area (Å²) in [5.74, 6) is 0.924. The first-order chi connectivity index (χ1) is 6.77. The van der Waals surface area contributed by atoms with Gasteiger partial charge in [0.15, 0.2) is 0 Å². The van der Waals surface area contributed by atoms with Crippen LogP contribution in [0, 0.1) is 5.92 Å². The van der Waals surface area contributed by atoms with E-state index in [1.165, 1.54) is 18.4 Å². The Morgan fingerprint density at radius 3 is 2.93 bits per heavy atom. The lowest BCUT2D eigenvalue weighted by atomic mass is 10.2. The average molecular weight is 275 g/mol. The van der Waals surface area contributed by atoms with Crippen LogP contribution in [-0.4, -0.2) is 6.54 Å². The minimum atomic E-state index is 0.788. The van der Waals surface area contributed by atoms with E-state index in [4.69, 9.17) is 11.6 Å². The molecule has 0 amide bonds. The summed E-state index contributed by atoms with van der Waals surface area (Å²) < 4.78 is 1.02. The lowest BCUT2D eigenvalue weighted by molar-refractivity contribution is 0.637. The molecule has 0 saturated heterocycles. The summed E-state index contributed by atoms with van der Waals surface area (Å²) in [6, 6.07) is 5.98. The summed E-state index contributed by atoms with van der Waals surface area (Å²) in [7, 11) is 0.